The summed E-state index contributed by atoms with van der Waals surface area (Å²) < 4.78 is 95.5. The molecule has 0 radical (unpaired) electrons. The van der Waals surface area contributed by atoms with Gasteiger partial charge in [-0.2, -0.15) is 20.1 Å². The second-order valence-electron chi connectivity index (χ2n) is 15.9. The number of benzene rings is 2. The first-order valence-corrected chi connectivity index (χ1v) is 18.2. The molecule has 3 heterocycles. The number of aromatic nitrogens is 6. The molecule has 2 fully saturated rings. The number of carbonyl (C=O) groups excluding carboxylic acids is 2. The zero-order chi connectivity index (χ0) is 40.5. The van der Waals surface area contributed by atoms with E-state index in [-0.39, 0.29) is 52.8 Å². The molecule has 2 aromatic carbocycles. The molecule has 1 aliphatic heterocycles. The Kier molecular flexibility index (Phi) is 9.73. The van der Waals surface area contributed by atoms with Gasteiger partial charge in [0, 0.05) is 16.5 Å². The van der Waals surface area contributed by atoms with Crippen molar-refractivity contribution >= 4 is 29.4 Å². The van der Waals surface area contributed by atoms with Gasteiger partial charge in [0.25, 0.3) is 18.3 Å². The van der Waals surface area contributed by atoms with E-state index < -0.39 is 88.6 Å². The molecule has 0 unspecified atom stereocenters. The first kappa shape index (κ1) is 39.2. The van der Waals surface area contributed by atoms with Gasteiger partial charge in [-0.1, -0.05) is 44.5 Å². The van der Waals surface area contributed by atoms with Crippen molar-refractivity contribution in [3.05, 3.63) is 76.5 Å². The van der Waals surface area contributed by atoms with Gasteiger partial charge >= 0.3 is 5.97 Å². The Morgan fingerprint density at radius 2 is 1.79 bits per heavy atom. The Balaban J connectivity index is 1.30. The number of ether oxygens (including phenoxy) is 1. The highest BCUT2D eigenvalue weighted by molar-refractivity contribution is 6.32. The molecule has 12 nitrogen and oxygen atoms in total. The van der Waals surface area contributed by atoms with Gasteiger partial charge in [0.1, 0.15) is 18.6 Å². The predicted molar refractivity (Wildman–Crippen MR) is 190 cm³/mol. The first-order chi connectivity index (χ1) is 26.2. The fraction of sp³-hybridized carbons (Fsp3) is 0.486. The number of rotatable bonds is 13. The minimum Gasteiger partial charge on any atom is -0.463 e. The van der Waals surface area contributed by atoms with Crippen LogP contribution in [-0.2, 0) is 19.9 Å². The summed E-state index contributed by atoms with van der Waals surface area (Å²) in [5.41, 5.74) is 1.48. The minimum absolute atomic E-state index is 0.0518. The fourth-order valence-corrected chi connectivity index (χ4v) is 7.43. The van der Waals surface area contributed by atoms with Crippen molar-refractivity contribution in [2.45, 2.75) is 96.2 Å². The number of amides is 1. The van der Waals surface area contributed by atoms with Crippen LogP contribution in [0.1, 0.15) is 102 Å². The summed E-state index contributed by atoms with van der Waals surface area (Å²) in [6.07, 6.45) is 0.261. The van der Waals surface area contributed by atoms with Crippen LogP contribution in [-0.4, -0.2) is 65.0 Å². The molecule has 7 rings (SSSR count). The monoisotopic (exact) mass is 805 g/mol. The van der Waals surface area contributed by atoms with Gasteiger partial charge in [0.05, 0.1) is 35.4 Å². The molecule has 2 aromatic heterocycles. The van der Waals surface area contributed by atoms with Crippen molar-refractivity contribution in [2.24, 2.45) is 21.6 Å². The summed E-state index contributed by atoms with van der Waals surface area (Å²) in [4.78, 5) is 38.6. The summed E-state index contributed by atoms with van der Waals surface area (Å²) in [7, 11) is 0. The third-order valence-electron chi connectivity index (χ3n) is 10.4. The first-order valence-electron chi connectivity index (χ1n) is 17.9. The maximum Gasteiger partial charge on any atom is 0.306 e. The molecule has 19 heteroatoms. The number of halogens is 7. The SMILES string of the molecule is CC(C)(C)C[C@]1(c2ccc(-c3cnn(C4CC4)n3)c(F)c2F)N=C(N)N([C@H](COC(=O)CC2(C(C)(F)F)CC2)c2ccc(Cl)c(-n3ncnc3C(F)F)c2)C1=O. The van der Waals surface area contributed by atoms with Gasteiger partial charge in [-0.3, -0.25) is 14.5 Å². The van der Waals surface area contributed by atoms with Crippen LogP contribution in [0.3, 0.4) is 0 Å². The maximum atomic E-state index is 16.5. The number of esters is 1. The Hall–Kier alpha value is -5.00. The second kappa shape index (κ2) is 13.9. The molecular weight excluding hydrogens is 768 g/mol. The molecule has 2 saturated carbocycles. The Labute approximate surface area is 322 Å². The van der Waals surface area contributed by atoms with Crippen LogP contribution >= 0.6 is 11.6 Å². The summed E-state index contributed by atoms with van der Waals surface area (Å²) >= 11 is 6.44. The number of carbonyl (C=O) groups is 2. The average molecular weight is 806 g/mol. The zero-order valence-corrected chi connectivity index (χ0v) is 31.5. The molecule has 0 bridgehead atoms. The van der Waals surface area contributed by atoms with Gasteiger partial charge in [-0.25, -0.2) is 41.0 Å². The van der Waals surface area contributed by atoms with Crippen molar-refractivity contribution in [3.8, 4) is 16.9 Å². The van der Waals surface area contributed by atoms with Crippen molar-refractivity contribution in [1.82, 2.24) is 34.7 Å². The normalized spacial score (nSPS) is 20.1. The van der Waals surface area contributed by atoms with Crippen LogP contribution in [0.5, 0.6) is 0 Å². The predicted octanol–water partition coefficient (Wildman–Crippen LogP) is 7.63. The van der Waals surface area contributed by atoms with Gasteiger partial charge in [-0.15, -0.1) is 0 Å². The highest BCUT2D eigenvalue weighted by Gasteiger charge is 2.60. The lowest BCUT2D eigenvalue weighted by molar-refractivity contribution is -0.153. The van der Waals surface area contributed by atoms with E-state index in [1.165, 1.54) is 41.3 Å². The van der Waals surface area contributed by atoms with Crippen LogP contribution in [0, 0.1) is 22.5 Å². The molecule has 2 aliphatic carbocycles. The average Bonchev–Trinajstić information content (AvgIpc) is 3.98. The number of hydrogen-bond acceptors (Lipinski definition) is 9. The minimum atomic E-state index is -3.17. The number of guanidine groups is 1. The third-order valence-corrected chi connectivity index (χ3v) is 10.8. The summed E-state index contributed by atoms with van der Waals surface area (Å²) in [6, 6.07) is 5.20. The van der Waals surface area contributed by atoms with E-state index in [4.69, 9.17) is 22.1 Å². The van der Waals surface area contributed by atoms with E-state index in [1.54, 1.807) is 20.8 Å². The van der Waals surface area contributed by atoms with E-state index in [0.717, 1.165) is 35.7 Å². The summed E-state index contributed by atoms with van der Waals surface area (Å²) in [6.45, 7) is 5.32. The molecule has 0 saturated heterocycles. The van der Waals surface area contributed by atoms with Gasteiger partial charge < -0.3 is 10.5 Å². The van der Waals surface area contributed by atoms with E-state index in [9.17, 15) is 27.2 Å². The molecule has 1 amide bonds. The number of hydrogen-bond donors (Lipinski definition) is 1. The maximum absolute atomic E-state index is 16.5. The molecule has 3 aliphatic rings. The van der Waals surface area contributed by atoms with Crippen LogP contribution in [0.4, 0.5) is 26.3 Å². The van der Waals surface area contributed by atoms with Crippen LogP contribution < -0.4 is 5.73 Å². The number of nitrogens with two attached hydrogens (primary N) is 1. The van der Waals surface area contributed by atoms with Gasteiger partial charge in [0.2, 0.25) is 0 Å². The van der Waals surface area contributed by atoms with E-state index in [1.807, 2.05) is 0 Å². The van der Waals surface area contributed by atoms with Gasteiger partial charge in [-0.05, 0) is 68.2 Å². The Morgan fingerprint density at radius 1 is 1.07 bits per heavy atom. The standard InChI is InChI=1S/C37H38ClF6N9O3/c1-34(2,3)17-37(22-9-8-21(28(39)29(22)40)24-15-47-53(50-24)20-6-7-20)32(55)51(33(45)49-37)26(16-56-27(54)14-36(11-12-36)35(4,43)44)19-5-10-23(38)25(13-19)52-31(30(41)42)46-18-48-52/h5,8-10,13,15,18,20,26,30H,6-7,11-12,14,16-17H2,1-4H3,(H2,45,49)/t26-,37-/m1/s1. The van der Waals surface area contributed by atoms with Crippen molar-refractivity contribution in [2.75, 3.05) is 6.61 Å². The number of alkyl halides is 4. The summed E-state index contributed by atoms with van der Waals surface area (Å²) in [5, 5.41) is 12.3. The number of nitrogens with zero attached hydrogens (tertiary/aromatic N) is 8. The number of aliphatic imine (C=N–C) groups is 1. The molecule has 298 valence electrons. The molecule has 2 atom stereocenters. The summed E-state index contributed by atoms with van der Waals surface area (Å²) in [5.74, 6) is -8.99. The molecule has 0 spiro atoms. The quantitative estimate of drug-likeness (QED) is 0.107. The fourth-order valence-electron chi connectivity index (χ4n) is 7.23. The Morgan fingerprint density at radius 3 is 2.41 bits per heavy atom. The van der Waals surface area contributed by atoms with E-state index >= 15 is 8.78 Å². The Bertz CT molecular complexity index is 2220. The highest BCUT2D eigenvalue weighted by atomic mass is 35.5. The van der Waals surface area contributed by atoms with Crippen LogP contribution in [0.2, 0.25) is 5.02 Å². The molecule has 56 heavy (non-hydrogen) atoms. The topological polar surface area (TPSA) is 146 Å². The largest absolute Gasteiger partial charge is 0.463 e. The lowest BCUT2D eigenvalue weighted by atomic mass is 9.75. The van der Waals surface area contributed by atoms with Crippen LogP contribution in [0.25, 0.3) is 16.9 Å². The van der Waals surface area contributed by atoms with Crippen molar-refractivity contribution in [1.29, 1.82) is 0 Å². The van der Waals surface area contributed by atoms with Crippen molar-refractivity contribution < 1.29 is 40.7 Å². The molecule has 2 N–H and O–H groups in total. The lowest BCUT2D eigenvalue weighted by Crippen LogP contribution is -2.47. The third kappa shape index (κ3) is 7.11. The van der Waals surface area contributed by atoms with Crippen LogP contribution in [0.15, 0.2) is 47.8 Å². The van der Waals surface area contributed by atoms with Crippen molar-refractivity contribution in [3.63, 3.8) is 0 Å². The van der Waals surface area contributed by atoms with E-state index in [0.29, 0.717) is 0 Å². The lowest BCUT2D eigenvalue weighted by Gasteiger charge is -2.35. The zero-order valence-electron chi connectivity index (χ0n) is 30.7. The molecular formula is C37H38ClF6N9O3. The van der Waals surface area contributed by atoms with E-state index in [2.05, 4.69) is 25.3 Å². The van der Waals surface area contributed by atoms with Gasteiger partial charge in [0.15, 0.2) is 29.0 Å². The smallest absolute Gasteiger partial charge is 0.306 e. The molecule has 4 aromatic rings. The second-order valence-corrected chi connectivity index (χ2v) is 16.3. The highest BCUT2D eigenvalue weighted by Crippen LogP contribution is 2.59.